The Morgan fingerprint density at radius 1 is 1.17 bits per heavy atom. The van der Waals surface area contributed by atoms with Gasteiger partial charge in [0.05, 0.1) is 0 Å². The minimum atomic E-state index is -0.169. The fourth-order valence-corrected chi connectivity index (χ4v) is 2.65. The Bertz CT molecular complexity index is 622. The lowest BCUT2D eigenvalue weighted by Gasteiger charge is -2.33. The van der Waals surface area contributed by atoms with E-state index in [1.165, 1.54) is 11.8 Å². The first-order chi connectivity index (χ1) is 11.4. The second kappa shape index (κ2) is 7.81. The third kappa shape index (κ3) is 4.71. The predicted molar refractivity (Wildman–Crippen MR) is 91.9 cm³/mol. The minimum absolute atomic E-state index is 0.0559. The molecule has 0 unspecified atom stereocenters. The van der Waals surface area contributed by atoms with Crippen LogP contribution >= 0.6 is 0 Å². The summed E-state index contributed by atoms with van der Waals surface area (Å²) in [5, 5.41) is 5.63. The van der Waals surface area contributed by atoms with Gasteiger partial charge in [0.2, 0.25) is 5.91 Å². The molecule has 2 rings (SSSR count). The van der Waals surface area contributed by atoms with E-state index in [2.05, 4.69) is 10.6 Å². The van der Waals surface area contributed by atoms with Crippen LogP contribution in [-0.4, -0.2) is 60.9 Å². The van der Waals surface area contributed by atoms with Crippen molar-refractivity contribution in [2.24, 2.45) is 0 Å². The van der Waals surface area contributed by atoms with Gasteiger partial charge in [0, 0.05) is 51.4 Å². The molecular weight excluding hydrogens is 308 g/mol. The van der Waals surface area contributed by atoms with E-state index in [9.17, 15) is 14.4 Å². The number of nitrogens with one attached hydrogen (secondary N) is 2. The van der Waals surface area contributed by atoms with Crippen LogP contribution in [0.5, 0.6) is 0 Å². The summed E-state index contributed by atoms with van der Waals surface area (Å²) in [6.45, 7) is 2.63. The number of amides is 4. The number of rotatable bonds is 3. The van der Waals surface area contributed by atoms with Gasteiger partial charge >= 0.3 is 6.03 Å². The van der Waals surface area contributed by atoms with Crippen molar-refractivity contribution in [1.29, 1.82) is 0 Å². The molecule has 0 atom stereocenters. The van der Waals surface area contributed by atoms with Crippen molar-refractivity contribution in [3.8, 4) is 0 Å². The summed E-state index contributed by atoms with van der Waals surface area (Å²) >= 11 is 0. The van der Waals surface area contributed by atoms with Crippen molar-refractivity contribution in [3.05, 3.63) is 29.8 Å². The van der Waals surface area contributed by atoms with Crippen LogP contribution in [0, 0.1) is 0 Å². The first-order valence-corrected chi connectivity index (χ1v) is 8.01. The van der Waals surface area contributed by atoms with Crippen LogP contribution in [0.4, 0.5) is 10.5 Å². The fourth-order valence-electron chi connectivity index (χ4n) is 2.65. The Kier molecular flexibility index (Phi) is 5.78. The van der Waals surface area contributed by atoms with Gasteiger partial charge in [-0.25, -0.2) is 4.79 Å². The Hall–Kier alpha value is -2.57. The largest absolute Gasteiger partial charge is 0.338 e. The molecular formula is C17H24N4O3. The third-order valence-corrected chi connectivity index (χ3v) is 3.95. The highest BCUT2D eigenvalue weighted by atomic mass is 16.2. The van der Waals surface area contributed by atoms with Gasteiger partial charge in [-0.3, -0.25) is 9.59 Å². The predicted octanol–water partition coefficient (Wildman–Crippen LogP) is 1.52. The maximum Gasteiger partial charge on any atom is 0.317 e. The molecule has 0 aromatic heterocycles. The molecule has 24 heavy (non-hydrogen) atoms. The molecule has 0 saturated carbocycles. The number of nitrogens with zero attached hydrogens (tertiary/aromatic N) is 2. The van der Waals surface area contributed by atoms with E-state index in [4.69, 9.17) is 0 Å². The zero-order valence-electron chi connectivity index (χ0n) is 14.3. The molecule has 1 aliphatic heterocycles. The molecule has 0 bridgehead atoms. The van der Waals surface area contributed by atoms with Crippen molar-refractivity contribution in [1.82, 2.24) is 15.1 Å². The third-order valence-electron chi connectivity index (χ3n) is 3.95. The lowest BCUT2D eigenvalue weighted by Crippen LogP contribution is -2.48. The van der Waals surface area contributed by atoms with E-state index in [0.717, 1.165) is 12.8 Å². The molecule has 0 aliphatic carbocycles. The second-order valence-electron chi connectivity index (χ2n) is 6.17. The molecule has 7 nitrogen and oxygen atoms in total. The molecule has 1 saturated heterocycles. The molecule has 1 fully saturated rings. The molecule has 1 aromatic carbocycles. The molecule has 1 aliphatic rings. The normalized spacial score (nSPS) is 14.9. The summed E-state index contributed by atoms with van der Waals surface area (Å²) in [6.07, 6.45) is 1.47. The van der Waals surface area contributed by atoms with Gasteiger partial charge < -0.3 is 20.4 Å². The highest BCUT2D eigenvalue weighted by Crippen LogP contribution is 2.17. The van der Waals surface area contributed by atoms with E-state index in [1.54, 1.807) is 43.3 Å². The van der Waals surface area contributed by atoms with Gasteiger partial charge in [0.1, 0.15) is 0 Å². The number of carbonyl (C=O) groups is 3. The van der Waals surface area contributed by atoms with E-state index in [0.29, 0.717) is 24.3 Å². The number of anilines is 1. The number of hydrogen-bond donors (Lipinski definition) is 2. The van der Waals surface area contributed by atoms with Crippen molar-refractivity contribution in [2.75, 3.05) is 32.5 Å². The topological polar surface area (TPSA) is 81.8 Å². The van der Waals surface area contributed by atoms with Gasteiger partial charge in [0.25, 0.3) is 5.91 Å². The van der Waals surface area contributed by atoms with Gasteiger partial charge in [-0.05, 0) is 31.0 Å². The molecule has 0 radical (unpaired) electrons. The molecule has 1 aromatic rings. The second-order valence-corrected chi connectivity index (χ2v) is 6.17. The smallest absolute Gasteiger partial charge is 0.317 e. The summed E-state index contributed by atoms with van der Waals surface area (Å²) in [6, 6.07) is 6.92. The summed E-state index contributed by atoms with van der Waals surface area (Å²) in [5.41, 5.74) is 1.17. The van der Waals surface area contributed by atoms with E-state index < -0.39 is 0 Å². The van der Waals surface area contributed by atoms with E-state index in [1.807, 2.05) is 0 Å². The molecule has 1 heterocycles. The Balaban J connectivity index is 1.93. The summed E-state index contributed by atoms with van der Waals surface area (Å²) in [4.78, 5) is 38.7. The molecule has 130 valence electrons. The Labute approximate surface area is 142 Å². The molecule has 2 N–H and O–H groups in total. The van der Waals surface area contributed by atoms with Crippen molar-refractivity contribution >= 4 is 23.5 Å². The summed E-state index contributed by atoms with van der Waals surface area (Å²) in [7, 11) is 3.41. The minimum Gasteiger partial charge on any atom is -0.338 e. The first kappa shape index (κ1) is 17.8. The van der Waals surface area contributed by atoms with Gasteiger partial charge in [-0.1, -0.05) is 6.07 Å². The molecule has 4 amide bonds. The van der Waals surface area contributed by atoms with E-state index >= 15 is 0 Å². The first-order valence-electron chi connectivity index (χ1n) is 8.01. The Morgan fingerprint density at radius 3 is 2.42 bits per heavy atom. The Morgan fingerprint density at radius 2 is 1.83 bits per heavy atom. The van der Waals surface area contributed by atoms with Crippen LogP contribution in [0.1, 0.15) is 30.1 Å². The lowest BCUT2D eigenvalue weighted by molar-refractivity contribution is -0.114. The maximum atomic E-state index is 12.6. The number of benzene rings is 1. The average molecular weight is 332 g/mol. The zero-order chi connectivity index (χ0) is 17.7. The number of piperidine rings is 1. The van der Waals surface area contributed by atoms with Crippen molar-refractivity contribution in [3.63, 3.8) is 0 Å². The zero-order valence-corrected chi connectivity index (χ0v) is 14.3. The van der Waals surface area contributed by atoms with Gasteiger partial charge in [-0.15, -0.1) is 0 Å². The van der Waals surface area contributed by atoms with Crippen LogP contribution in [0.25, 0.3) is 0 Å². The number of urea groups is 1. The fraction of sp³-hybridized carbons (Fsp3) is 0.471. The SMILES string of the molecule is CC(=O)Nc1cccc(C(=O)N2CCC(NC(=O)N(C)C)CC2)c1. The molecule has 7 heteroatoms. The van der Waals surface area contributed by atoms with E-state index in [-0.39, 0.29) is 23.9 Å². The number of carbonyl (C=O) groups excluding carboxylic acids is 3. The standard InChI is InChI=1S/C17H24N4O3/c1-12(22)18-15-6-4-5-13(11-15)16(23)21-9-7-14(8-10-21)19-17(24)20(2)3/h4-6,11,14H,7-10H2,1-3H3,(H,18,22)(H,19,24). The van der Waals surface area contributed by atoms with Crippen LogP contribution in [0.3, 0.4) is 0 Å². The number of hydrogen-bond acceptors (Lipinski definition) is 3. The average Bonchev–Trinajstić information content (AvgIpc) is 2.54. The maximum absolute atomic E-state index is 12.6. The van der Waals surface area contributed by atoms with Crippen LogP contribution in [0.2, 0.25) is 0 Å². The molecule has 0 spiro atoms. The quantitative estimate of drug-likeness (QED) is 0.880. The summed E-state index contributed by atoms with van der Waals surface area (Å²) in [5.74, 6) is -0.225. The number of likely N-dealkylation sites (tertiary alicyclic amines) is 1. The highest BCUT2D eigenvalue weighted by molar-refractivity contribution is 5.96. The van der Waals surface area contributed by atoms with Gasteiger partial charge in [0.15, 0.2) is 0 Å². The van der Waals surface area contributed by atoms with Crippen molar-refractivity contribution < 1.29 is 14.4 Å². The summed E-state index contributed by atoms with van der Waals surface area (Å²) < 4.78 is 0. The van der Waals surface area contributed by atoms with Crippen molar-refractivity contribution in [2.45, 2.75) is 25.8 Å². The highest BCUT2D eigenvalue weighted by Gasteiger charge is 2.25. The van der Waals surface area contributed by atoms with Gasteiger partial charge in [-0.2, -0.15) is 0 Å². The van der Waals surface area contributed by atoms with Crippen LogP contribution in [0.15, 0.2) is 24.3 Å². The monoisotopic (exact) mass is 332 g/mol. The lowest BCUT2D eigenvalue weighted by atomic mass is 10.0. The van der Waals surface area contributed by atoms with Crippen LogP contribution in [-0.2, 0) is 4.79 Å². The van der Waals surface area contributed by atoms with Crippen LogP contribution < -0.4 is 10.6 Å².